The van der Waals surface area contributed by atoms with Crippen LogP contribution < -0.4 is 0 Å². The Bertz CT molecular complexity index is 334. The Kier molecular flexibility index (Phi) is 4.02. The highest BCUT2D eigenvalue weighted by Gasteiger charge is 2.41. The molecule has 3 N–H and O–H groups in total. The van der Waals surface area contributed by atoms with E-state index in [9.17, 15) is 19.5 Å². The number of esters is 1. The van der Waals surface area contributed by atoms with E-state index in [2.05, 4.69) is 4.74 Å². The SMILES string of the molecule is O=C(O)CC(O)(CC(=O)OCC1CO1)C(=O)O. The maximum Gasteiger partial charge on any atom is 0.336 e. The lowest BCUT2D eigenvalue weighted by molar-refractivity contribution is -0.172. The molecule has 0 bridgehead atoms. The molecule has 0 aromatic carbocycles. The van der Waals surface area contributed by atoms with Crippen molar-refractivity contribution in [3.63, 3.8) is 0 Å². The van der Waals surface area contributed by atoms with E-state index in [4.69, 9.17) is 14.9 Å². The maximum absolute atomic E-state index is 11.2. The lowest BCUT2D eigenvalue weighted by Gasteiger charge is -2.19. The van der Waals surface area contributed by atoms with Gasteiger partial charge in [0.15, 0.2) is 5.60 Å². The van der Waals surface area contributed by atoms with Gasteiger partial charge in [-0.25, -0.2) is 4.79 Å². The molecule has 96 valence electrons. The molecule has 2 atom stereocenters. The van der Waals surface area contributed by atoms with Crippen LogP contribution in [0, 0.1) is 0 Å². The van der Waals surface area contributed by atoms with Crippen molar-refractivity contribution in [1.82, 2.24) is 0 Å². The molecule has 17 heavy (non-hydrogen) atoms. The first-order valence-corrected chi connectivity index (χ1v) is 4.78. The summed E-state index contributed by atoms with van der Waals surface area (Å²) >= 11 is 0. The molecule has 0 radical (unpaired) electrons. The minimum atomic E-state index is -2.65. The van der Waals surface area contributed by atoms with Gasteiger partial charge in [-0.15, -0.1) is 0 Å². The third-order valence-corrected chi connectivity index (χ3v) is 2.11. The number of aliphatic hydroxyl groups is 1. The largest absolute Gasteiger partial charge is 0.481 e. The second-order valence-corrected chi connectivity index (χ2v) is 3.72. The van der Waals surface area contributed by atoms with Crippen molar-refractivity contribution in [1.29, 1.82) is 0 Å². The number of hydrogen-bond acceptors (Lipinski definition) is 6. The van der Waals surface area contributed by atoms with Crippen LogP contribution in [-0.4, -0.2) is 58.1 Å². The second kappa shape index (κ2) is 5.11. The highest BCUT2D eigenvalue weighted by molar-refractivity contribution is 5.88. The summed E-state index contributed by atoms with van der Waals surface area (Å²) in [4.78, 5) is 32.3. The molecule has 1 aliphatic heterocycles. The summed E-state index contributed by atoms with van der Waals surface area (Å²) in [5.41, 5.74) is -2.65. The van der Waals surface area contributed by atoms with Gasteiger partial charge in [-0.05, 0) is 0 Å². The third-order valence-electron chi connectivity index (χ3n) is 2.11. The van der Waals surface area contributed by atoms with Crippen molar-refractivity contribution in [2.75, 3.05) is 13.2 Å². The van der Waals surface area contributed by atoms with Gasteiger partial charge >= 0.3 is 17.9 Å². The summed E-state index contributed by atoms with van der Waals surface area (Å²) in [5, 5.41) is 26.6. The van der Waals surface area contributed by atoms with Crippen LogP contribution in [0.5, 0.6) is 0 Å². The number of carbonyl (C=O) groups excluding carboxylic acids is 1. The smallest absolute Gasteiger partial charge is 0.336 e. The van der Waals surface area contributed by atoms with Crippen LogP contribution in [0.2, 0.25) is 0 Å². The minimum Gasteiger partial charge on any atom is -0.481 e. The second-order valence-electron chi connectivity index (χ2n) is 3.72. The van der Waals surface area contributed by atoms with Crippen molar-refractivity contribution in [3.8, 4) is 0 Å². The molecule has 0 aromatic rings. The Balaban J connectivity index is 2.48. The van der Waals surface area contributed by atoms with E-state index in [-0.39, 0.29) is 12.7 Å². The summed E-state index contributed by atoms with van der Waals surface area (Å²) in [7, 11) is 0. The molecule has 1 saturated heterocycles. The highest BCUT2D eigenvalue weighted by atomic mass is 16.6. The molecule has 0 spiro atoms. The Hall–Kier alpha value is -1.67. The number of hydrogen-bond donors (Lipinski definition) is 3. The lowest BCUT2D eigenvalue weighted by Crippen LogP contribution is -2.43. The van der Waals surface area contributed by atoms with Crippen LogP contribution in [-0.2, 0) is 23.9 Å². The van der Waals surface area contributed by atoms with Crippen molar-refractivity contribution in [3.05, 3.63) is 0 Å². The molecule has 1 aliphatic rings. The zero-order valence-electron chi connectivity index (χ0n) is 8.79. The van der Waals surface area contributed by atoms with Crippen LogP contribution in [0.4, 0.5) is 0 Å². The van der Waals surface area contributed by atoms with Crippen LogP contribution in [0.3, 0.4) is 0 Å². The number of rotatable bonds is 7. The normalized spacial score (nSPS) is 21.4. The molecular formula is C9H12O8. The average molecular weight is 248 g/mol. The van der Waals surface area contributed by atoms with E-state index < -0.39 is 36.4 Å². The number of epoxide rings is 1. The van der Waals surface area contributed by atoms with Gasteiger partial charge < -0.3 is 24.8 Å². The van der Waals surface area contributed by atoms with Gasteiger partial charge in [-0.3, -0.25) is 9.59 Å². The van der Waals surface area contributed by atoms with Gasteiger partial charge in [-0.2, -0.15) is 0 Å². The predicted molar refractivity (Wildman–Crippen MR) is 50.2 cm³/mol. The zero-order chi connectivity index (χ0) is 13.1. The van der Waals surface area contributed by atoms with E-state index in [1.807, 2.05) is 0 Å². The van der Waals surface area contributed by atoms with Crippen molar-refractivity contribution in [2.24, 2.45) is 0 Å². The number of carboxylic acid groups (broad SMARTS) is 2. The summed E-state index contributed by atoms with van der Waals surface area (Å²) < 4.78 is 9.36. The Labute approximate surface area is 95.7 Å². The summed E-state index contributed by atoms with van der Waals surface area (Å²) in [6.07, 6.45) is -2.17. The van der Waals surface area contributed by atoms with Gasteiger partial charge in [0.05, 0.1) is 19.4 Å². The van der Waals surface area contributed by atoms with Crippen LogP contribution in [0.25, 0.3) is 0 Å². The van der Waals surface area contributed by atoms with Crippen LogP contribution in [0.1, 0.15) is 12.8 Å². The van der Waals surface area contributed by atoms with Gasteiger partial charge in [0, 0.05) is 0 Å². The predicted octanol–water partition coefficient (Wildman–Crippen LogP) is -1.39. The fourth-order valence-corrected chi connectivity index (χ4v) is 1.10. The Morgan fingerprint density at radius 3 is 2.29 bits per heavy atom. The van der Waals surface area contributed by atoms with Crippen molar-refractivity contribution in [2.45, 2.75) is 24.5 Å². The first kappa shape index (κ1) is 13.4. The minimum absolute atomic E-state index is 0.0262. The molecule has 2 unspecified atom stereocenters. The molecule has 1 heterocycles. The zero-order valence-corrected chi connectivity index (χ0v) is 8.79. The number of carboxylic acids is 2. The van der Waals surface area contributed by atoms with Gasteiger partial charge in [0.25, 0.3) is 0 Å². The van der Waals surface area contributed by atoms with E-state index >= 15 is 0 Å². The summed E-state index contributed by atoms with van der Waals surface area (Å²) in [6.45, 7) is 0.438. The molecule has 8 heteroatoms. The molecule has 1 fully saturated rings. The topological polar surface area (TPSA) is 134 Å². The van der Waals surface area contributed by atoms with E-state index in [0.29, 0.717) is 6.61 Å². The fraction of sp³-hybridized carbons (Fsp3) is 0.667. The molecular weight excluding hydrogens is 236 g/mol. The molecule has 8 nitrogen and oxygen atoms in total. The fourth-order valence-electron chi connectivity index (χ4n) is 1.10. The monoisotopic (exact) mass is 248 g/mol. The summed E-state index contributed by atoms with van der Waals surface area (Å²) in [5.74, 6) is -4.28. The number of aliphatic carboxylic acids is 2. The first-order chi connectivity index (χ1) is 7.83. The Morgan fingerprint density at radius 1 is 1.29 bits per heavy atom. The lowest BCUT2D eigenvalue weighted by atomic mass is 9.96. The van der Waals surface area contributed by atoms with E-state index in [0.717, 1.165) is 0 Å². The van der Waals surface area contributed by atoms with E-state index in [1.165, 1.54) is 0 Å². The molecule has 0 amide bonds. The first-order valence-electron chi connectivity index (χ1n) is 4.78. The van der Waals surface area contributed by atoms with Crippen molar-refractivity contribution >= 4 is 17.9 Å². The third kappa shape index (κ3) is 4.37. The van der Waals surface area contributed by atoms with Gasteiger partial charge in [-0.1, -0.05) is 0 Å². The van der Waals surface area contributed by atoms with E-state index in [1.54, 1.807) is 0 Å². The van der Waals surface area contributed by atoms with Crippen LogP contribution in [0.15, 0.2) is 0 Å². The molecule has 0 aliphatic carbocycles. The highest BCUT2D eigenvalue weighted by Crippen LogP contribution is 2.18. The number of carbonyl (C=O) groups is 3. The Morgan fingerprint density at radius 2 is 1.88 bits per heavy atom. The quantitative estimate of drug-likeness (QED) is 0.370. The molecule has 0 saturated carbocycles. The molecule has 1 rings (SSSR count). The van der Waals surface area contributed by atoms with Gasteiger partial charge in [0.1, 0.15) is 12.7 Å². The van der Waals surface area contributed by atoms with Crippen molar-refractivity contribution < 1.29 is 39.2 Å². The number of ether oxygens (including phenoxy) is 2. The summed E-state index contributed by atoms with van der Waals surface area (Å²) in [6, 6.07) is 0. The molecule has 0 aromatic heterocycles. The average Bonchev–Trinajstić information content (AvgIpc) is 2.96. The van der Waals surface area contributed by atoms with Crippen LogP contribution >= 0.6 is 0 Å². The standard InChI is InChI=1S/C9H12O8/c10-6(11)1-9(15,8(13)14)2-7(12)17-4-5-3-16-5/h5,15H,1-4H2,(H,10,11)(H,13,14). The van der Waals surface area contributed by atoms with Gasteiger partial charge in [0.2, 0.25) is 0 Å². The maximum atomic E-state index is 11.2.